The van der Waals surface area contributed by atoms with E-state index in [4.69, 9.17) is 10.5 Å². The fourth-order valence-electron chi connectivity index (χ4n) is 1.45. The van der Waals surface area contributed by atoms with Crippen LogP contribution in [0.4, 0.5) is 0 Å². The van der Waals surface area contributed by atoms with Crippen molar-refractivity contribution in [2.45, 2.75) is 18.9 Å². The Kier molecular flexibility index (Phi) is 4.31. The first-order valence-corrected chi connectivity index (χ1v) is 6.42. The molecule has 0 amide bonds. The topological polar surface area (TPSA) is 72.6 Å². The smallest absolute Gasteiger partial charge is 0.214 e. The highest BCUT2D eigenvalue weighted by molar-refractivity contribution is 7.89. The second-order valence-corrected chi connectivity index (χ2v) is 5.64. The first kappa shape index (κ1) is 11.9. The van der Waals surface area contributed by atoms with E-state index in [1.54, 1.807) is 7.05 Å². The summed E-state index contributed by atoms with van der Waals surface area (Å²) in [7, 11) is -1.52. The maximum absolute atomic E-state index is 11.7. The Hall–Kier alpha value is -0.170. The Morgan fingerprint density at radius 2 is 2.29 bits per heavy atom. The molecule has 14 heavy (non-hydrogen) atoms. The van der Waals surface area contributed by atoms with Crippen LogP contribution < -0.4 is 5.73 Å². The fraction of sp³-hybridized carbons (Fsp3) is 1.00. The van der Waals surface area contributed by atoms with E-state index in [0.29, 0.717) is 26.2 Å². The van der Waals surface area contributed by atoms with E-state index in [-0.39, 0.29) is 11.8 Å². The molecule has 0 aromatic carbocycles. The van der Waals surface area contributed by atoms with Gasteiger partial charge in [0.05, 0.1) is 18.4 Å². The Morgan fingerprint density at radius 1 is 1.57 bits per heavy atom. The fourth-order valence-corrected chi connectivity index (χ4v) is 2.89. The van der Waals surface area contributed by atoms with Gasteiger partial charge in [0.2, 0.25) is 10.0 Å². The molecule has 1 unspecified atom stereocenters. The van der Waals surface area contributed by atoms with Crippen molar-refractivity contribution < 1.29 is 13.2 Å². The Morgan fingerprint density at radius 3 is 2.79 bits per heavy atom. The van der Waals surface area contributed by atoms with E-state index in [1.165, 1.54) is 4.31 Å². The summed E-state index contributed by atoms with van der Waals surface area (Å²) >= 11 is 0. The Bertz CT molecular complexity index is 260. The summed E-state index contributed by atoms with van der Waals surface area (Å²) in [6.45, 7) is 1.58. The molecule has 0 aromatic heterocycles. The van der Waals surface area contributed by atoms with Gasteiger partial charge in [0, 0.05) is 13.7 Å². The Labute approximate surface area is 85.3 Å². The Balaban J connectivity index is 2.52. The maximum Gasteiger partial charge on any atom is 0.214 e. The largest absolute Gasteiger partial charge is 0.380 e. The number of nitrogens with two attached hydrogens (primary N) is 1. The van der Waals surface area contributed by atoms with E-state index >= 15 is 0 Å². The van der Waals surface area contributed by atoms with Crippen LogP contribution in [-0.4, -0.2) is 51.3 Å². The van der Waals surface area contributed by atoms with Gasteiger partial charge in [0.15, 0.2) is 0 Å². The molecule has 1 saturated heterocycles. The molecule has 1 heterocycles. The van der Waals surface area contributed by atoms with Gasteiger partial charge in [-0.15, -0.1) is 0 Å². The lowest BCUT2D eigenvalue weighted by Gasteiger charge is -2.22. The molecule has 0 radical (unpaired) electrons. The van der Waals surface area contributed by atoms with E-state index in [2.05, 4.69) is 0 Å². The van der Waals surface area contributed by atoms with Gasteiger partial charge < -0.3 is 10.5 Å². The van der Waals surface area contributed by atoms with Gasteiger partial charge in [-0.05, 0) is 19.4 Å². The summed E-state index contributed by atoms with van der Waals surface area (Å²) in [6, 6.07) is 0.0118. The molecule has 0 bridgehead atoms. The van der Waals surface area contributed by atoms with Crippen molar-refractivity contribution >= 4 is 10.0 Å². The van der Waals surface area contributed by atoms with Crippen molar-refractivity contribution in [2.24, 2.45) is 5.73 Å². The number of hydrogen-bond acceptors (Lipinski definition) is 4. The second-order valence-electron chi connectivity index (χ2n) is 3.49. The third kappa shape index (κ3) is 2.91. The van der Waals surface area contributed by atoms with Crippen LogP contribution in [0, 0.1) is 0 Å². The number of hydrogen-bond donors (Lipinski definition) is 1. The van der Waals surface area contributed by atoms with Gasteiger partial charge >= 0.3 is 0 Å². The zero-order chi connectivity index (χ0) is 10.6. The number of rotatable bonds is 5. The van der Waals surface area contributed by atoms with E-state index in [0.717, 1.165) is 6.42 Å². The molecule has 1 aliphatic heterocycles. The van der Waals surface area contributed by atoms with Crippen LogP contribution in [0.5, 0.6) is 0 Å². The third-order valence-electron chi connectivity index (χ3n) is 2.47. The SMILES string of the molecule is CN(C1CCOC1)S(=O)(=O)CCCN. The van der Waals surface area contributed by atoms with Crippen molar-refractivity contribution in [2.75, 3.05) is 32.6 Å². The summed E-state index contributed by atoms with van der Waals surface area (Å²) in [6.07, 6.45) is 1.30. The van der Waals surface area contributed by atoms with Crippen LogP contribution in [0.3, 0.4) is 0 Å². The van der Waals surface area contributed by atoms with Crippen LogP contribution in [-0.2, 0) is 14.8 Å². The highest BCUT2D eigenvalue weighted by Crippen LogP contribution is 2.14. The van der Waals surface area contributed by atoms with Gasteiger partial charge in [0.1, 0.15) is 0 Å². The molecule has 0 saturated carbocycles. The average molecular weight is 222 g/mol. The van der Waals surface area contributed by atoms with Crippen molar-refractivity contribution in [3.8, 4) is 0 Å². The molecule has 1 aliphatic rings. The van der Waals surface area contributed by atoms with Gasteiger partial charge in [-0.1, -0.05) is 0 Å². The third-order valence-corrected chi connectivity index (χ3v) is 4.45. The van der Waals surface area contributed by atoms with Crippen molar-refractivity contribution in [1.82, 2.24) is 4.31 Å². The summed E-state index contributed by atoms with van der Waals surface area (Å²) in [5.74, 6) is 0.135. The zero-order valence-corrected chi connectivity index (χ0v) is 9.29. The van der Waals surface area contributed by atoms with E-state index < -0.39 is 10.0 Å². The zero-order valence-electron chi connectivity index (χ0n) is 8.48. The first-order valence-electron chi connectivity index (χ1n) is 4.81. The van der Waals surface area contributed by atoms with Crippen LogP contribution in [0.1, 0.15) is 12.8 Å². The molecule has 0 spiro atoms. The van der Waals surface area contributed by atoms with Crippen LogP contribution in [0.2, 0.25) is 0 Å². The molecule has 1 atom stereocenters. The lowest BCUT2D eigenvalue weighted by atomic mass is 10.3. The lowest BCUT2D eigenvalue weighted by molar-refractivity contribution is 0.181. The van der Waals surface area contributed by atoms with Gasteiger partial charge in [-0.25, -0.2) is 8.42 Å². The maximum atomic E-state index is 11.7. The minimum Gasteiger partial charge on any atom is -0.380 e. The molecule has 6 heteroatoms. The summed E-state index contributed by atoms with van der Waals surface area (Å²) in [5, 5.41) is 0. The minimum absolute atomic E-state index is 0.0118. The molecule has 5 nitrogen and oxygen atoms in total. The molecule has 2 N–H and O–H groups in total. The van der Waals surface area contributed by atoms with Crippen LogP contribution in [0.25, 0.3) is 0 Å². The molecule has 1 rings (SSSR count). The van der Waals surface area contributed by atoms with Crippen molar-refractivity contribution in [3.05, 3.63) is 0 Å². The monoisotopic (exact) mass is 222 g/mol. The average Bonchev–Trinajstić information content (AvgIpc) is 2.66. The molecule has 84 valence electrons. The quantitative estimate of drug-likeness (QED) is 0.673. The minimum atomic E-state index is -3.13. The standard InChI is InChI=1S/C8H18N2O3S/c1-10(8-3-5-13-7-8)14(11,12)6-2-4-9/h8H,2-7,9H2,1H3. The molecule has 1 fully saturated rings. The van der Waals surface area contributed by atoms with Crippen molar-refractivity contribution in [3.63, 3.8) is 0 Å². The molecular weight excluding hydrogens is 204 g/mol. The highest BCUT2D eigenvalue weighted by Gasteiger charge is 2.28. The summed E-state index contributed by atoms with van der Waals surface area (Å²) < 4.78 is 30.0. The summed E-state index contributed by atoms with van der Waals surface area (Å²) in [4.78, 5) is 0. The number of nitrogens with zero attached hydrogens (tertiary/aromatic N) is 1. The number of likely N-dealkylation sites (N-methyl/N-ethyl adjacent to an activating group) is 1. The highest BCUT2D eigenvalue weighted by atomic mass is 32.2. The van der Waals surface area contributed by atoms with Gasteiger partial charge in [0.25, 0.3) is 0 Å². The number of ether oxygens (including phenoxy) is 1. The normalized spacial score (nSPS) is 23.2. The van der Waals surface area contributed by atoms with E-state index in [9.17, 15) is 8.42 Å². The molecular formula is C8H18N2O3S. The second kappa shape index (κ2) is 5.06. The predicted molar refractivity (Wildman–Crippen MR) is 54.4 cm³/mol. The van der Waals surface area contributed by atoms with Gasteiger partial charge in [-0.2, -0.15) is 4.31 Å². The summed E-state index contributed by atoms with van der Waals surface area (Å²) in [5.41, 5.74) is 5.28. The lowest BCUT2D eigenvalue weighted by Crippen LogP contribution is -2.39. The van der Waals surface area contributed by atoms with Crippen molar-refractivity contribution in [1.29, 1.82) is 0 Å². The molecule has 0 aliphatic carbocycles. The number of sulfonamides is 1. The molecule has 0 aromatic rings. The predicted octanol–water partition coefficient (Wildman–Crippen LogP) is -0.614. The van der Waals surface area contributed by atoms with Gasteiger partial charge in [-0.3, -0.25) is 0 Å². The first-order chi connectivity index (χ1) is 6.58. The van der Waals surface area contributed by atoms with Crippen LogP contribution in [0.15, 0.2) is 0 Å². The van der Waals surface area contributed by atoms with Crippen LogP contribution >= 0.6 is 0 Å². The van der Waals surface area contributed by atoms with E-state index in [1.807, 2.05) is 0 Å².